The number of ether oxygens (including phenoxy) is 3. The van der Waals surface area contributed by atoms with Gasteiger partial charge in [0.25, 0.3) is 5.79 Å². The maximum absolute atomic E-state index is 15.9. The van der Waals surface area contributed by atoms with Crippen LogP contribution in [0.15, 0.2) is 30.3 Å². The minimum atomic E-state index is -2.71. The third-order valence-electron chi connectivity index (χ3n) is 3.50. The molecular formula is C20H30FNO5. The van der Waals surface area contributed by atoms with Crippen molar-refractivity contribution in [2.75, 3.05) is 13.8 Å². The van der Waals surface area contributed by atoms with E-state index in [2.05, 4.69) is 0 Å². The lowest BCUT2D eigenvalue weighted by Gasteiger charge is -2.36. The van der Waals surface area contributed by atoms with Crippen LogP contribution in [0, 0.1) is 5.92 Å². The molecule has 0 heterocycles. The molecule has 1 rings (SSSR count). The highest BCUT2D eigenvalue weighted by atomic mass is 19.1. The molecule has 0 fully saturated rings. The third-order valence-corrected chi connectivity index (χ3v) is 3.50. The molecular weight excluding hydrogens is 353 g/mol. The van der Waals surface area contributed by atoms with Gasteiger partial charge in [0.1, 0.15) is 18.9 Å². The van der Waals surface area contributed by atoms with Crippen LogP contribution >= 0.6 is 0 Å². The highest BCUT2D eigenvalue weighted by Crippen LogP contribution is 2.30. The van der Waals surface area contributed by atoms with Crippen LogP contribution in [-0.4, -0.2) is 42.2 Å². The zero-order valence-corrected chi connectivity index (χ0v) is 17.0. The molecule has 0 N–H and O–H groups in total. The molecule has 0 aliphatic heterocycles. The van der Waals surface area contributed by atoms with Crippen molar-refractivity contribution >= 4 is 12.1 Å². The molecule has 0 aromatic heterocycles. The number of amides is 1. The van der Waals surface area contributed by atoms with E-state index in [-0.39, 0.29) is 18.9 Å². The molecule has 0 spiro atoms. The van der Waals surface area contributed by atoms with Crippen LogP contribution in [0.5, 0.6) is 0 Å². The van der Waals surface area contributed by atoms with E-state index in [1.165, 1.54) is 7.11 Å². The zero-order chi connectivity index (χ0) is 20.7. The van der Waals surface area contributed by atoms with Crippen LogP contribution in [0.3, 0.4) is 0 Å². The van der Waals surface area contributed by atoms with Crippen molar-refractivity contribution in [3.8, 4) is 0 Å². The van der Waals surface area contributed by atoms with Crippen molar-refractivity contribution in [2.45, 2.75) is 59.0 Å². The molecule has 0 saturated heterocycles. The second-order valence-electron chi connectivity index (χ2n) is 7.75. The lowest BCUT2D eigenvalue weighted by molar-refractivity contribution is -0.182. The number of halogens is 1. The van der Waals surface area contributed by atoms with Crippen molar-refractivity contribution in [1.82, 2.24) is 4.90 Å². The van der Waals surface area contributed by atoms with E-state index in [1.807, 2.05) is 6.07 Å². The molecule has 7 heteroatoms. The first kappa shape index (κ1) is 22.9. The van der Waals surface area contributed by atoms with Crippen LogP contribution in [0.4, 0.5) is 9.18 Å². The van der Waals surface area contributed by atoms with Gasteiger partial charge >= 0.3 is 12.1 Å². The second kappa shape index (κ2) is 9.69. The topological polar surface area (TPSA) is 65.1 Å². The van der Waals surface area contributed by atoms with Gasteiger partial charge in [-0.2, -0.15) is 0 Å². The number of benzene rings is 1. The predicted octanol–water partition coefficient (Wildman–Crippen LogP) is 4.28. The molecule has 0 saturated carbocycles. The summed E-state index contributed by atoms with van der Waals surface area (Å²) < 4.78 is 31.3. The van der Waals surface area contributed by atoms with Crippen LogP contribution in [-0.2, 0) is 25.6 Å². The van der Waals surface area contributed by atoms with Crippen molar-refractivity contribution in [3.63, 3.8) is 0 Å². The number of hydrogen-bond donors (Lipinski definition) is 0. The fourth-order valence-corrected chi connectivity index (χ4v) is 2.42. The SMILES string of the molecule is COCN(C(=O)OC(C)(C)C)[C@@](F)(CC(C)C)C(=O)OCc1ccccc1. The first-order chi connectivity index (χ1) is 12.5. The molecule has 1 amide bonds. The van der Waals surface area contributed by atoms with Crippen LogP contribution in [0.2, 0.25) is 0 Å². The fraction of sp³-hybridized carbons (Fsp3) is 0.600. The van der Waals surface area contributed by atoms with Gasteiger partial charge in [-0.1, -0.05) is 44.2 Å². The van der Waals surface area contributed by atoms with Gasteiger partial charge in [0.05, 0.1) is 0 Å². The van der Waals surface area contributed by atoms with Gasteiger partial charge < -0.3 is 14.2 Å². The standard InChI is InChI=1S/C20H30FNO5/c1-15(2)12-20(21,17(23)26-13-16-10-8-7-9-11-16)22(14-25-6)18(24)27-19(3,4)5/h7-11,15H,12-14H2,1-6H3/t20-/m0/s1. The molecule has 1 atom stereocenters. The monoisotopic (exact) mass is 383 g/mol. The number of esters is 1. The van der Waals surface area contributed by atoms with Crippen LogP contribution in [0.1, 0.15) is 46.6 Å². The molecule has 1 aromatic carbocycles. The van der Waals surface area contributed by atoms with Crippen molar-refractivity contribution < 1.29 is 28.2 Å². The Morgan fingerprint density at radius 1 is 1.15 bits per heavy atom. The molecule has 0 aliphatic rings. The first-order valence-electron chi connectivity index (χ1n) is 8.89. The summed E-state index contributed by atoms with van der Waals surface area (Å²) in [6, 6.07) is 8.93. The van der Waals surface area contributed by atoms with E-state index in [9.17, 15) is 9.59 Å². The molecule has 0 aliphatic carbocycles. The lowest BCUT2D eigenvalue weighted by Crippen LogP contribution is -2.57. The normalized spacial score (nSPS) is 13.8. The van der Waals surface area contributed by atoms with E-state index in [0.29, 0.717) is 10.5 Å². The summed E-state index contributed by atoms with van der Waals surface area (Å²) in [5.41, 5.74) is -0.135. The van der Waals surface area contributed by atoms with Gasteiger partial charge in [-0.15, -0.1) is 0 Å². The molecule has 0 radical (unpaired) electrons. The van der Waals surface area contributed by atoms with E-state index in [4.69, 9.17) is 14.2 Å². The Morgan fingerprint density at radius 3 is 2.22 bits per heavy atom. The lowest BCUT2D eigenvalue weighted by atomic mass is 10.0. The summed E-state index contributed by atoms with van der Waals surface area (Å²) in [5.74, 6) is -4.08. The summed E-state index contributed by atoms with van der Waals surface area (Å²) in [6.07, 6.45) is -1.23. The summed E-state index contributed by atoms with van der Waals surface area (Å²) >= 11 is 0. The largest absolute Gasteiger partial charge is 0.457 e. The van der Waals surface area contributed by atoms with Gasteiger partial charge in [-0.3, -0.25) is 0 Å². The highest BCUT2D eigenvalue weighted by Gasteiger charge is 2.50. The number of carbonyl (C=O) groups is 2. The average molecular weight is 383 g/mol. The highest BCUT2D eigenvalue weighted by molar-refractivity contribution is 5.84. The predicted molar refractivity (Wildman–Crippen MR) is 99.5 cm³/mol. The smallest absolute Gasteiger partial charge is 0.415 e. The Morgan fingerprint density at radius 2 is 1.74 bits per heavy atom. The Kier molecular flexibility index (Phi) is 8.21. The van der Waals surface area contributed by atoms with Crippen molar-refractivity contribution in [1.29, 1.82) is 0 Å². The number of rotatable bonds is 8. The minimum Gasteiger partial charge on any atom is -0.457 e. The Labute approximate surface area is 160 Å². The Balaban J connectivity index is 3.07. The van der Waals surface area contributed by atoms with Crippen LogP contribution in [0.25, 0.3) is 0 Å². The first-order valence-corrected chi connectivity index (χ1v) is 8.89. The number of alkyl halides is 1. The second-order valence-corrected chi connectivity index (χ2v) is 7.75. The molecule has 6 nitrogen and oxygen atoms in total. The van der Waals surface area contributed by atoms with Gasteiger partial charge in [0.2, 0.25) is 0 Å². The minimum absolute atomic E-state index is 0.0986. The number of carbonyl (C=O) groups excluding carboxylic acids is 2. The van der Waals surface area contributed by atoms with E-state index in [0.717, 1.165) is 0 Å². The average Bonchev–Trinajstić information content (AvgIpc) is 2.56. The molecule has 0 unspecified atom stereocenters. The van der Waals surface area contributed by atoms with E-state index < -0.39 is 30.2 Å². The van der Waals surface area contributed by atoms with Gasteiger partial charge in [0, 0.05) is 13.5 Å². The quantitative estimate of drug-likeness (QED) is 0.381. The summed E-state index contributed by atoms with van der Waals surface area (Å²) in [6.45, 7) is 7.93. The maximum atomic E-state index is 15.9. The van der Waals surface area contributed by atoms with E-state index >= 15 is 4.39 Å². The fourth-order valence-electron chi connectivity index (χ4n) is 2.42. The summed E-state index contributed by atoms with van der Waals surface area (Å²) in [4.78, 5) is 25.8. The Bertz CT molecular complexity index is 615. The number of nitrogens with zero attached hydrogens (tertiary/aromatic N) is 1. The number of hydrogen-bond acceptors (Lipinski definition) is 5. The Hall–Kier alpha value is -2.15. The molecule has 0 bridgehead atoms. The molecule has 1 aromatic rings. The van der Waals surface area contributed by atoms with Crippen LogP contribution < -0.4 is 0 Å². The van der Waals surface area contributed by atoms with Gasteiger partial charge in [0.15, 0.2) is 0 Å². The maximum Gasteiger partial charge on any atom is 0.415 e. The molecule has 152 valence electrons. The van der Waals surface area contributed by atoms with Gasteiger partial charge in [-0.05, 0) is 32.3 Å². The number of methoxy groups -OCH3 is 1. The van der Waals surface area contributed by atoms with Crippen molar-refractivity contribution in [3.05, 3.63) is 35.9 Å². The zero-order valence-electron chi connectivity index (χ0n) is 17.0. The summed E-state index contributed by atoms with van der Waals surface area (Å²) in [5, 5.41) is 0. The third kappa shape index (κ3) is 7.17. The van der Waals surface area contributed by atoms with E-state index in [1.54, 1.807) is 58.9 Å². The summed E-state index contributed by atoms with van der Waals surface area (Å²) in [7, 11) is 1.31. The van der Waals surface area contributed by atoms with Crippen molar-refractivity contribution in [2.24, 2.45) is 5.92 Å². The molecule has 27 heavy (non-hydrogen) atoms. The van der Waals surface area contributed by atoms with Gasteiger partial charge in [-0.25, -0.2) is 18.9 Å².